The molecule has 118 valence electrons. The number of nitrogens with one attached hydrogen (secondary N) is 1. The number of hydrogen-bond acceptors (Lipinski definition) is 9. The molecule has 0 radical (unpaired) electrons. The molecule has 1 aliphatic heterocycles. The van der Waals surface area contributed by atoms with Crippen molar-refractivity contribution in [2.75, 3.05) is 19.3 Å². The number of hydrogen-bond donors (Lipinski definition) is 1. The van der Waals surface area contributed by atoms with Crippen LogP contribution in [0.25, 0.3) is 0 Å². The summed E-state index contributed by atoms with van der Waals surface area (Å²) in [6.07, 6.45) is 1.53. The molecule has 1 aromatic carbocycles. The van der Waals surface area contributed by atoms with E-state index in [1.807, 2.05) is 0 Å². The number of rotatable bonds is 4. The van der Waals surface area contributed by atoms with Crippen molar-refractivity contribution < 1.29 is 19.0 Å². The van der Waals surface area contributed by atoms with Crippen molar-refractivity contribution in [1.82, 2.24) is 4.98 Å². The minimum Gasteiger partial charge on any atom is -0.465 e. The van der Waals surface area contributed by atoms with E-state index in [-0.39, 0.29) is 16.8 Å². The number of carbonyl (C=O) groups is 1. The average molecular weight is 333 g/mol. The minimum atomic E-state index is -0.600. The predicted molar refractivity (Wildman–Crippen MR) is 83.5 cm³/mol. The van der Waals surface area contributed by atoms with Crippen LogP contribution in [0.15, 0.2) is 34.2 Å². The van der Waals surface area contributed by atoms with Gasteiger partial charge in [-0.1, -0.05) is 11.3 Å². The number of anilines is 1. The van der Waals surface area contributed by atoms with Crippen LogP contribution in [0.4, 0.5) is 5.13 Å². The molecule has 8 nitrogen and oxygen atoms in total. The summed E-state index contributed by atoms with van der Waals surface area (Å²) in [5, 5.41) is 4.18. The Hall–Kier alpha value is -2.94. The second-order valence-electron chi connectivity index (χ2n) is 4.34. The van der Waals surface area contributed by atoms with Crippen molar-refractivity contribution in [2.24, 2.45) is 5.10 Å². The first kappa shape index (κ1) is 15.0. The van der Waals surface area contributed by atoms with E-state index in [0.717, 1.165) is 23.0 Å². The van der Waals surface area contributed by atoms with Gasteiger partial charge in [-0.15, -0.1) is 0 Å². The number of nitrogens with zero attached hydrogens (tertiary/aromatic N) is 2. The SMILES string of the molecule is COC(=O)c1cc(=O)nc(NN=Cc2ccc3c(c2)OCO3)s1. The Bertz CT molecular complexity index is 833. The number of fused-ring (bicyclic) bond motifs is 1. The number of benzene rings is 1. The molecule has 1 N–H and O–H groups in total. The highest BCUT2D eigenvalue weighted by molar-refractivity contribution is 7.17. The van der Waals surface area contributed by atoms with Crippen LogP contribution in [0.3, 0.4) is 0 Å². The Labute approximate surface area is 134 Å². The maximum atomic E-state index is 11.5. The summed E-state index contributed by atoms with van der Waals surface area (Å²) in [6, 6.07) is 6.47. The van der Waals surface area contributed by atoms with Crippen LogP contribution in [0.2, 0.25) is 0 Å². The van der Waals surface area contributed by atoms with E-state index in [9.17, 15) is 9.59 Å². The molecule has 1 aliphatic rings. The highest BCUT2D eigenvalue weighted by Gasteiger charge is 2.12. The third-order valence-electron chi connectivity index (χ3n) is 2.83. The van der Waals surface area contributed by atoms with Crippen molar-refractivity contribution >= 4 is 28.7 Å². The average Bonchev–Trinajstić information content (AvgIpc) is 3.01. The summed E-state index contributed by atoms with van der Waals surface area (Å²) in [5.41, 5.74) is 2.84. The van der Waals surface area contributed by atoms with Crippen LogP contribution in [0, 0.1) is 0 Å². The van der Waals surface area contributed by atoms with Gasteiger partial charge in [0.1, 0.15) is 4.88 Å². The van der Waals surface area contributed by atoms with Gasteiger partial charge in [-0.25, -0.2) is 4.79 Å². The van der Waals surface area contributed by atoms with E-state index in [4.69, 9.17) is 9.47 Å². The Morgan fingerprint density at radius 2 is 2.22 bits per heavy atom. The second kappa shape index (κ2) is 6.44. The van der Waals surface area contributed by atoms with Crippen LogP contribution < -0.4 is 20.5 Å². The molecule has 3 rings (SSSR count). The number of methoxy groups -OCH3 is 1. The molecule has 9 heteroatoms. The van der Waals surface area contributed by atoms with E-state index in [0.29, 0.717) is 11.5 Å². The summed E-state index contributed by atoms with van der Waals surface area (Å²) in [6.45, 7) is 0.201. The molecule has 1 aromatic heterocycles. The lowest BCUT2D eigenvalue weighted by Gasteiger charge is -2.01. The zero-order valence-corrected chi connectivity index (χ0v) is 12.8. The number of hydrazone groups is 1. The highest BCUT2D eigenvalue weighted by atomic mass is 32.1. The van der Waals surface area contributed by atoms with Crippen molar-refractivity contribution in [3.8, 4) is 11.5 Å². The van der Waals surface area contributed by atoms with Crippen LogP contribution in [-0.2, 0) is 4.74 Å². The molecule has 0 bridgehead atoms. The third-order valence-corrected chi connectivity index (χ3v) is 3.71. The van der Waals surface area contributed by atoms with Gasteiger partial charge in [0.25, 0.3) is 5.56 Å². The van der Waals surface area contributed by atoms with E-state index >= 15 is 0 Å². The smallest absolute Gasteiger partial charge is 0.348 e. The first-order valence-electron chi connectivity index (χ1n) is 6.45. The van der Waals surface area contributed by atoms with Crippen molar-refractivity contribution in [1.29, 1.82) is 0 Å². The second-order valence-corrected chi connectivity index (χ2v) is 5.37. The van der Waals surface area contributed by atoms with Gasteiger partial charge in [0, 0.05) is 6.07 Å². The number of ether oxygens (including phenoxy) is 3. The molecule has 0 aliphatic carbocycles. The largest absolute Gasteiger partial charge is 0.465 e. The van der Waals surface area contributed by atoms with Gasteiger partial charge in [-0.05, 0) is 23.8 Å². The number of carbonyl (C=O) groups excluding carboxylic acids is 1. The molecule has 2 aromatic rings. The van der Waals surface area contributed by atoms with Gasteiger partial charge < -0.3 is 14.2 Å². The lowest BCUT2D eigenvalue weighted by Crippen LogP contribution is -2.10. The van der Waals surface area contributed by atoms with Gasteiger partial charge in [0.15, 0.2) is 11.5 Å². The van der Waals surface area contributed by atoms with Gasteiger partial charge in [0.05, 0.1) is 13.3 Å². The molecular weight excluding hydrogens is 322 g/mol. The van der Waals surface area contributed by atoms with Crippen LogP contribution >= 0.6 is 11.3 Å². The maximum Gasteiger partial charge on any atom is 0.348 e. The minimum absolute atomic E-state index is 0.147. The molecule has 0 fully saturated rings. The normalized spacial score (nSPS) is 12.4. The molecular formula is C14H11N3O5S. The predicted octanol–water partition coefficient (Wildman–Crippen LogP) is 1.46. The Morgan fingerprint density at radius 1 is 1.39 bits per heavy atom. The van der Waals surface area contributed by atoms with Gasteiger partial charge in [-0.3, -0.25) is 10.2 Å². The Balaban J connectivity index is 1.74. The highest BCUT2D eigenvalue weighted by Crippen LogP contribution is 2.31. The number of aromatic nitrogens is 1. The fourth-order valence-corrected chi connectivity index (χ4v) is 2.57. The fraction of sp³-hybridized carbons (Fsp3) is 0.143. The molecule has 0 atom stereocenters. The molecule has 0 saturated heterocycles. The lowest BCUT2D eigenvalue weighted by atomic mass is 10.2. The summed E-state index contributed by atoms with van der Waals surface area (Å²) in [4.78, 5) is 26.8. The molecule has 0 saturated carbocycles. The monoisotopic (exact) mass is 333 g/mol. The summed E-state index contributed by atoms with van der Waals surface area (Å²) < 4.78 is 15.1. The van der Waals surface area contributed by atoms with Gasteiger partial charge in [0.2, 0.25) is 11.9 Å². The quantitative estimate of drug-likeness (QED) is 0.514. The third kappa shape index (κ3) is 3.46. The van der Waals surface area contributed by atoms with Crippen molar-refractivity contribution in [2.45, 2.75) is 0 Å². The lowest BCUT2D eigenvalue weighted by molar-refractivity contribution is 0.0606. The summed E-state index contributed by atoms with van der Waals surface area (Å²) in [7, 11) is 1.24. The zero-order chi connectivity index (χ0) is 16.2. The van der Waals surface area contributed by atoms with Gasteiger partial charge in [-0.2, -0.15) is 10.1 Å². The van der Waals surface area contributed by atoms with Crippen LogP contribution in [-0.4, -0.2) is 31.1 Å². The molecule has 23 heavy (non-hydrogen) atoms. The van der Waals surface area contributed by atoms with E-state index < -0.39 is 11.5 Å². The van der Waals surface area contributed by atoms with E-state index in [2.05, 4.69) is 20.2 Å². The first-order valence-corrected chi connectivity index (χ1v) is 7.26. The van der Waals surface area contributed by atoms with E-state index in [1.165, 1.54) is 13.3 Å². The van der Waals surface area contributed by atoms with E-state index in [1.54, 1.807) is 18.2 Å². The Morgan fingerprint density at radius 3 is 3.04 bits per heavy atom. The summed E-state index contributed by atoms with van der Waals surface area (Å²) in [5.74, 6) is 0.725. The molecule has 0 spiro atoms. The van der Waals surface area contributed by atoms with Crippen LogP contribution in [0.5, 0.6) is 11.5 Å². The standard InChI is InChI=1S/C14H11N3O5S/c1-20-13(19)11-5-12(18)16-14(23-11)17-15-6-8-2-3-9-10(4-8)22-7-21-9/h2-6H,7H2,1H3,(H,16,17,18). The maximum absolute atomic E-state index is 11.5. The summed E-state index contributed by atoms with van der Waals surface area (Å²) >= 11 is 0.969. The topological polar surface area (TPSA) is 99.1 Å². The van der Waals surface area contributed by atoms with Gasteiger partial charge >= 0.3 is 5.97 Å². The number of esters is 1. The molecule has 0 amide bonds. The molecule has 0 unspecified atom stereocenters. The Kier molecular flexibility index (Phi) is 4.20. The first-order chi connectivity index (χ1) is 11.2. The van der Waals surface area contributed by atoms with Crippen LogP contribution in [0.1, 0.15) is 15.2 Å². The van der Waals surface area contributed by atoms with Crippen molar-refractivity contribution in [3.63, 3.8) is 0 Å². The molecule has 2 heterocycles. The van der Waals surface area contributed by atoms with Crippen molar-refractivity contribution in [3.05, 3.63) is 45.1 Å². The zero-order valence-electron chi connectivity index (χ0n) is 11.9. The fourth-order valence-electron chi connectivity index (χ4n) is 1.81.